The molecule has 0 saturated heterocycles. The predicted octanol–water partition coefficient (Wildman–Crippen LogP) is 4.85. The molecule has 0 heterocycles. The van der Waals surface area contributed by atoms with E-state index >= 15 is 0 Å². The average Bonchev–Trinajstić information content (AvgIpc) is 2.97. The van der Waals surface area contributed by atoms with Gasteiger partial charge in [0.2, 0.25) is 0 Å². The summed E-state index contributed by atoms with van der Waals surface area (Å²) in [5.74, 6) is -1.91. The van der Waals surface area contributed by atoms with Crippen molar-refractivity contribution in [1.82, 2.24) is 9.62 Å². The summed E-state index contributed by atoms with van der Waals surface area (Å²) < 4.78 is 28.3. The molecule has 4 aromatic carbocycles. The maximum Gasteiger partial charge on any atom is 0.270 e. The second kappa shape index (κ2) is 12.4. The van der Waals surface area contributed by atoms with Gasteiger partial charge >= 0.3 is 0 Å². The number of hydrogen-bond acceptors (Lipinski definition) is 5. The van der Waals surface area contributed by atoms with Gasteiger partial charge in [0.25, 0.3) is 27.7 Å². The van der Waals surface area contributed by atoms with Gasteiger partial charge in [-0.1, -0.05) is 60.7 Å². The van der Waals surface area contributed by atoms with E-state index in [1.807, 2.05) is 18.2 Å². The van der Waals surface area contributed by atoms with Crippen molar-refractivity contribution in [3.63, 3.8) is 0 Å². The van der Waals surface area contributed by atoms with Crippen molar-refractivity contribution in [1.29, 1.82) is 0 Å². The molecule has 0 atom stereocenters. The SMILES string of the molecule is CCN(CC)C(=O)/C(=C/c1ccc(NC(=O)c2ccccc2)cc1)C(=O)NS(=O)(=O)c1ccc2ccccc2c1. The lowest BCUT2D eigenvalue weighted by molar-refractivity contribution is -0.129. The lowest BCUT2D eigenvalue weighted by atomic mass is 10.1. The third kappa shape index (κ3) is 6.62. The van der Waals surface area contributed by atoms with Crippen LogP contribution in [0.3, 0.4) is 0 Å². The van der Waals surface area contributed by atoms with E-state index < -0.39 is 21.8 Å². The minimum absolute atomic E-state index is 0.0901. The molecule has 4 aromatic rings. The van der Waals surface area contributed by atoms with E-state index in [1.165, 1.54) is 23.1 Å². The quantitative estimate of drug-likeness (QED) is 0.174. The third-order valence-corrected chi connectivity index (χ3v) is 7.63. The highest BCUT2D eigenvalue weighted by molar-refractivity contribution is 7.90. The summed E-state index contributed by atoms with van der Waals surface area (Å²) in [6.45, 7) is 4.21. The van der Waals surface area contributed by atoms with Crippen LogP contribution in [-0.2, 0) is 19.6 Å². The largest absolute Gasteiger partial charge is 0.339 e. The van der Waals surface area contributed by atoms with E-state index in [1.54, 1.807) is 80.6 Å². The summed E-state index contributed by atoms with van der Waals surface area (Å²) >= 11 is 0. The zero-order chi connectivity index (χ0) is 28.7. The van der Waals surface area contributed by atoms with Crippen molar-refractivity contribution in [3.8, 4) is 0 Å². The molecule has 0 bridgehead atoms. The Kier molecular flexibility index (Phi) is 8.76. The van der Waals surface area contributed by atoms with Gasteiger partial charge in [-0.25, -0.2) is 13.1 Å². The first kappa shape index (κ1) is 28.3. The summed E-state index contributed by atoms with van der Waals surface area (Å²) in [6, 6.07) is 27.1. The number of fused-ring (bicyclic) bond motifs is 1. The Morgan fingerprint density at radius 3 is 2.05 bits per heavy atom. The first-order valence-corrected chi connectivity index (χ1v) is 14.2. The van der Waals surface area contributed by atoms with Crippen LogP contribution >= 0.6 is 0 Å². The van der Waals surface area contributed by atoms with Crippen molar-refractivity contribution < 1.29 is 22.8 Å². The van der Waals surface area contributed by atoms with Crippen LogP contribution in [0.25, 0.3) is 16.8 Å². The van der Waals surface area contributed by atoms with Gasteiger partial charge in [-0.3, -0.25) is 14.4 Å². The van der Waals surface area contributed by atoms with Crippen LogP contribution in [0.5, 0.6) is 0 Å². The number of amides is 3. The number of benzene rings is 4. The van der Waals surface area contributed by atoms with Gasteiger partial charge in [-0.05, 0) is 72.7 Å². The van der Waals surface area contributed by atoms with Crippen molar-refractivity contribution >= 4 is 50.3 Å². The summed E-state index contributed by atoms with van der Waals surface area (Å²) in [5, 5.41) is 4.35. The Bertz CT molecular complexity index is 1680. The number of carbonyl (C=O) groups is 3. The van der Waals surface area contributed by atoms with Crippen LogP contribution < -0.4 is 10.0 Å². The van der Waals surface area contributed by atoms with Gasteiger partial charge in [0, 0.05) is 24.3 Å². The van der Waals surface area contributed by atoms with E-state index in [4.69, 9.17) is 0 Å². The number of nitrogens with one attached hydrogen (secondary N) is 2. The van der Waals surface area contributed by atoms with Crippen LogP contribution in [0.1, 0.15) is 29.8 Å². The summed E-state index contributed by atoms with van der Waals surface area (Å²) in [5.41, 5.74) is 1.18. The zero-order valence-electron chi connectivity index (χ0n) is 22.1. The molecule has 0 radical (unpaired) electrons. The predicted molar refractivity (Wildman–Crippen MR) is 156 cm³/mol. The molecule has 2 N–H and O–H groups in total. The topological polar surface area (TPSA) is 113 Å². The first-order chi connectivity index (χ1) is 19.2. The second-order valence-corrected chi connectivity index (χ2v) is 10.6. The molecule has 0 fully saturated rings. The van der Waals surface area contributed by atoms with Crippen LogP contribution in [0.15, 0.2) is 108 Å². The van der Waals surface area contributed by atoms with Crippen molar-refractivity contribution in [2.75, 3.05) is 18.4 Å². The molecule has 9 heteroatoms. The maximum absolute atomic E-state index is 13.3. The Morgan fingerprint density at radius 1 is 0.775 bits per heavy atom. The molecular formula is C31H29N3O5S. The van der Waals surface area contributed by atoms with Crippen molar-refractivity contribution in [3.05, 3.63) is 114 Å². The van der Waals surface area contributed by atoms with Gasteiger partial charge in [-0.15, -0.1) is 0 Å². The fraction of sp³-hybridized carbons (Fsp3) is 0.129. The monoisotopic (exact) mass is 555 g/mol. The Balaban J connectivity index is 1.60. The molecule has 8 nitrogen and oxygen atoms in total. The maximum atomic E-state index is 13.3. The standard InChI is InChI=1S/C31H29N3O5S/c1-3-34(4-2)31(37)28(20-22-14-17-26(18-15-22)32-29(35)24-11-6-5-7-12-24)30(36)33-40(38,39)27-19-16-23-10-8-9-13-25(23)21-27/h5-21H,3-4H2,1-2H3,(H,32,35)(H,33,36)/b28-20+. The number of hydrogen-bond donors (Lipinski definition) is 2. The molecular weight excluding hydrogens is 526 g/mol. The van der Waals surface area contributed by atoms with Gasteiger partial charge in [0.15, 0.2) is 0 Å². The number of nitrogens with zero attached hydrogens (tertiary/aromatic N) is 1. The van der Waals surface area contributed by atoms with Crippen LogP contribution in [0.4, 0.5) is 5.69 Å². The van der Waals surface area contributed by atoms with Crippen LogP contribution in [0.2, 0.25) is 0 Å². The number of rotatable bonds is 9. The Morgan fingerprint density at radius 2 is 1.40 bits per heavy atom. The second-order valence-electron chi connectivity index (χ2n) is 8.92. The first-order valence-electron chi connectivity index (χ1n) is 12.7. The average molecular weight is 556 g/mol. The van der Waals surface area contributed by atoms with E-state index in [2.05, 4.69) is 10.0 Å². The minimum atomic E-state index is -4.27. The highest BCUT2D eigenvalue weighted by Gasteiger charge is 2.27. The molecule has 0 aliphatic heterocycles. The highest BCUT2D eigenvalue weighted by atomic mass is 32.2. The number of anilines is 1. The van der Waals surface area contributed by atoms with E-state index in [0.717, 1.165) is 5.39 Å². The van der Waals surface area contributed by atoms with Gasteiger partial charge in [0.05, 0.1) is 4.90 Å². The van der Waals surface area contributed by atoms with Gasteiger partial charge in [-0.2, -0.15) is 0 Å². The molecule has 40 heavy (non-hydrogen) atoms. The van der Waals surface area contributed by atoms with Crippen LogP contribution in [-0.4, -0.2) is 44.1 Å². The van der Waals surface area contributed by atoms with Crippen molar-refractivity contribution in [2.24, 2.45) is 0 Å². The summed E-state index contributed by atoms with van der Waals surface area (Å²) in [4.78, 5) is 40.3. The normalized spacial score (nSPS) is 11.6. The summed E-state index contributed by atoms with van der Waals surface area (Å²) in [6.07, 6.45) is 1.34. The molecule has 4 rings (SSSR count). The Hall–Kier alpha value is -4.76. The molecule has 204 valence electrons. The molecule has 0 aliphatic rings. The minimum Gasteiger partial charge on any atom is -0.339 e. The van der Waals surface area contributed by atoms with Gasteiger partial charge in [0.1, 0.15) is 5.57 Å². The molecule has 0 aliphatic carbocycles. The smallest absolute Gasteiger partial charge is 0.270 e. The molecule has 3 amide bonds. The fourth-order valence-corrected chi connectivity index (χ4v) is 5.10. The van der Waals surface area contributed by atoms with E-state index in [-0.39, 0.29) is 16.4 Å². The van der Waals surface area contributed by atoms with Gasteiger partial charge < -0.3 is 10.2 Å². The van der Waals surface area contributed by atoms with E-state index in [9.17, 15) is 22.8 Å². The lowest BCUT2D eigenvalue weighted by Crippen LogP contribution is -2.39. The molecule has 0 aromatic heterocycles. The molecule has 0 unspecified atom stereocenters. The fourth-order valence-electron chi connectivity index (χ4n) is 4.10. The lowest BCUT2D eigenvalue weighted by Gasteiger charge is -2.20. The van der Waals surface area contributed by atoms with Crippen LogP contribution in [0, 0.1) is 0 Å². The van der Waals surface area contributed by atoms with Crippen molar-refractivity contribution in [2.45, 2.75) is 18.7 Å². The summed E-state index contributed by atoms with van der Waals surface area (Å²) in [7, 11) is -4.27. The zero-order valence-corrected chi connectivity index (χ0v) is 22.9. The third-order valence-electron chi connectivity index (χ3n) is 6.30. The molecule has 0 spiro atoms. The molecule has 0 saturated carbocycles. The number of carbonyl (C=O) groups excluding carboxylic acids is 3. The number of sulfonamides is 1. The Labute approximate surface area is 233 Å². The highest BCUT2D eigenvalue weighted by Crippen LogP contribution is 2.20. The van der Waals surface area contributed by atoms with E-state index in [0.29, 0.717) is 35.3 Å². The number of likely N-dealkylation sites (N-methyl/N-ethyl adjacent to an activating group) is 1.